The molecule has 2 unspecified atom stereocenters. The minimum atomic E-state index is -0.542. The molecule has 18 heavy (non-hydrogen) atoms. The normalized spacial score (nSPS) is 13.7. The first kappa shape index (κ1) is 14.5. The molecule has 0 fully saturated rings. The van der Waals surface area contributed by atoms with E-state index in [0.717, 1.165) is 12.1 Å². The predicted octanol–water partition coefficient (Wildman–Crippen LogP) is 3.18. The van der Waals surface area contributed by atoms with Crippen LogP contribution in [-0.2, 0) is 0 Å². The van der Waals surface area contributed by atoms with E-state index in [1.807, 2.05) is 20.8 Å². The lowest BCUT2D eigenvalue weighted by molar-refractivity contribution is 0.246. The zero-order chi connectivity index (χ0) is 13.5. The number of hydrogen-bond acceptors (Lipinski definition) is 3. The van der Waals surface area contributed by atoms with Crippen molar-refractivity contribution in [3.05, 3.63) is 29.6 Å². The summed E-state index contributed by atoms with van der Waals surface area (Å²) in [6.45, 7) is 6.66. The number of ether oxygens (including phenoxy) is 1. The molecule has 1 aromatic rings. The van der Waals surface area contributed by atoms with Crippen molar-refractivity contribution in [1.29, 1.82) is 5.26 Å². The molecule has 0 saturated heterocycles. The van der Waals surface area contributed by atoms with Gasteiger partial charge in [0.15, 0.2) is 6.10 Å². The van der Waals surface area contributed by atoms with Crippen LogP contribution in [0.5, 0.6) is 5.75 Å². The highest BCUT2D eigenvalue weighted by atomic mass is 19.1. The highest BCUT2D eigenvalue weighted by Crippen LogP contribution is 2.27. The molecule has 0 bridgehead atoms. The summed E-state index contributed by atoms with van der Waals surface area (Å²) in [6.07, 6.45) is 0.0292. The molecule has 0 aliphatic carbocycles. The first-order valence-electron chi connectivity index (χ1n) is 6.21. The molecule has 4 heteroatoms. The second kappa shape index (κ2) is 6.97. The molecule has 0 heterocycles. The van der Waals surface area contributed by atoms with E-state index in [0.29, 0.717) is 12.2 Å². The standard InChI is InChI=1S/C14H19FN2O/c1-4-12(9-16)18-14-8-11(15)6-7-13(14)10(3)17-5-2/h6-8,10,12,17H,4-5H2,1-3H3. The van der Waals surface area contributed by atoms with Crippen LogP contribution in [0.25, 0.3) is 0 Å². The van der Waals surface area contributed by atoms with Gasteiger partial charge < -0.3 is 10.1 Å². The maximum atomic E-state index is 13.3. The molecule has 0 aromatic heterocycles. The first-order chi connectivity index (χ1) is 8.62. The van der Waals surface area contributed by atoms with Crippen molar-refractivity contribution in [2.75, 3.05) is 6.54 Å². The fraction of sp³-hybridized carbons (Fsp3) is 0.500. The topological polar surface area (TPSA) is 45.0 Å². The third kappa shape index (κ3) is 3.71. The summed E-state index contributed by atoms with van der Waals surface area (Å²) >= 11 is 0. The number of halogens is 1. The fourth-order valence-electron chi connectivity index (χ4n) is 1.74. The van der Waals surface area contributed by atoms with Crippen molar-refractivity contribution < 1.29 is 9.13 Å². The van der Waals surface area contributed by atoms with Crippen LogP contribution in [0.3, 0.4) is 0 Å². The highest BCUT2D eigenvalue weighted by Gasteiger charge is 2.15. The van der Waals surface area contributed by atoms with Crippen LogP contribution in [0, 0.1) is 17.1 Å². The van der Waals surface area contributed by atoms with Gasteiger partial charge >= 0.3 is 0 Å². The van der Waals surface area contributed by atoms with Gasteiger partial charge in [-0.3, -0.25) is 0 Å². The summed E-state index contributed by atoms with van der Waals surface area (Å²) in [4.78, 5) is 0. The van der Waals surface area contributed by atoms with Crippen molar-refractivity contribution in [3.63, 3.8) is 0 Å². The minimum Gasteiger partial charge on any atom is -0.475 e. The maximum Gasteiger partial charge on any atom is 0.184 e. The van der Waals surface area contributed by atoms with Gasteiger partial charge in [-0.1, -0.05) is 19.9 Å². The molecule has 98 valence electrons. The van der Waals surface area contributed by atoms with Crippen LogP contribution >= 0.6 is 0 Å². The Kier molecular flexibility index (Phi) is 5.60. The number of hydrogen-bond donors (Lipinski definition) is 1. The molecule has 0 amide bonds. The van der Waals surface area contributed by atoms with E-state index in [4.69, 9.17) is 10.00 Å². The molecule has 1 rings (SSSR count). The van der Waals surface area contributed by atoms with E-state index in [1.54, 1.807) is 6.07 Å². The largest absolute Gasteiger partial charge is 0.475 e. The molecule has 0 radical (unpaired) electrons. The Hall–Kier alpha value is -1.60. The predicted molar refractivity (Wildman–Crippen MR) is 68.8 cm³/mol. The fourth-order valence-corrected chi connectivity index (χ4v) is 1.74. The van der Waals surface area contributed by atoms with Gasteiger partial charge in [-0.25, -0.2) is 4.39 Å². The van der Waals surface area contributed by atoms with Gasteiger partial charge in [-0.05, 0) is 26.0 Å². The van der Waals surface area contributed by atoms with Crippen LogP contribution in [0.4, 0.5) is 4.39 Å². The molecule has 0 saturated carbocycles. The van der Waals surface area contributed by atoms with Crippen molar-refractivity contribution in [1.82, 2.24) is 5.32 Å². The Morgan fingerprint density at radius 1 is 1.44 bits per heavy atom. The van der Waals surface area contributed by atoms with Gasteiger partial charge in [0.05, 0.1) is 0 Å². The average molecular weight is 250 g/mol. The Bertz CT molecular complexity index is 428. The average Bonchev–Trinajstić information content (AvgIpc) is 2.36. The van der Waals surface area contributed by atoms with Crippen molar-refractivity contribution in [2.24, 2.45) is 0 Å². The van der Waals surface area contributed by atoms with Gasteiger partial charge in [0.1, 0.15) is 17.6 Å². The van der Waals surface area contributed by atoms with Gasteiger partial charge in [-0.2, -0.15) is 5.26 Å². The van der Waals surface area contributed by atoms with Crippen molar-refractivity contribution in [2.45, 2.75) is 39.3 Å². The third-order valence-electron chi connectivity index (χ3n) is 2.74. The second-order valence-corrected chi connectivity index (χ2v) is 4.11. The monoisotopic (exact) mass is 250 g/mol. The van der Waals surface area contributed by atoms with E-state index >= 15 is 0 Å². The number of nitriles is 1. The number of rotatable bonds is 6. The lowest BCUT2D eigenvalue weighted by Crippen LogP contribution is -2.20. The highest BCUT2D eigenvalue weighted by molar-refractivity contribution is 5.36. The lowest BCUT2D eigenvalue weighted by atomic mass is 10.1. The molecule has 1 aromatic carbocycles. The third-order valence-corrected chi connectivity index (χ3v) is 2.74. The van der Waals surface area contributed by atoms with Crippen LogP contribution in [0.2, 0.25) is 0 Å². The van der Waals surface area contributed by atoms with Gasteiger partial charge in [0.2, 0.25) is 0 Å². The summed E-state index contributed by atoms with van der Waals surface area (Å²) in [5.74, 6) is 0.0853. The van der Waals surface area contributed by atoms with Crippen molar-refractivity contribution >= 4 is 0 Å². The summed E-state index contributed by atoms with van der Waals surface area (Å²) < 4.78 is 18.8. The minimum absolute atomic E-state index is 0.0572. The van der Waals surface area contributed by atoms with Crippen molar-refractivity contribution in [3.8, 4) is 11.8 Å². The van der Waals surface area contributed by atoms with Gasteiger partial charge in [0.25, 0.3) is 0 Å². The Morgan fingerprint density at radius 3 is 2.72 bits per heavy atom. The molecule has 2 atom stereocenters. The zero-order valence-electron chi connectivity index (χ0n) is 11.0. The number of benzene rings is 1. The van der Waals surface area contributed by atoms with Gasteiger partial charge in [0, 0.05) is 17.7 Å². The molecular formula is C14H19FN2O. The Morgan fingerprint density at radius 2 is 2.17 bits per heavy atom. The number of nitrogens with one attached hydrogen (secondary N) is 1. The maximum absolute atomic E-state index is 13.3. The first-order valence-corrected chi connectivity index (χ1v) is 6.21. The van der Waals surface area contributed by atoms with E-state index in [9.17, 15) is 4.39 Å². The van der Waals surface area contributed by atoms with Gasteiger partial charge in [-0.15, -0.1) is 0 Å². The summed E-state index contributed by atoms with van der Waals surface area (Å²) in [6, 6.07) is 6.55. The lowest BCUT2D eigenvalue weighted by Gasteiger charge is -2.19. The molecule has 3 nitrogen and oxygen atoms in total. The molecule has 0 aliphatic heterocycles. The van der Waals surface area contributed by atoms with E-state index < -0.39 is 6.10 Å². The molecule has 1 N–H and O–H groups in total. The van der Waals surface area contributed by atoms with Crippen LogP contribution in [-0.4, -0.2) is 12.6 Å². The molecule has 0 aliphatic rings. The summed E-state index contributed by atoms with van der Waals surface area (Å²) in [7, 11) is 0. The quantitative estimate of drug-likeness (QED) is 0.843. The smallest absolute Gasteiger partial charge is 0.184 e. The Balaban J connectivity index is 3.00. The van der Waals surface area contributed by atoms with Crippen LogP contribution in [0.1, 0.15) is 38.8 Å². The summed E-state index contributed by atoms with van der Waals surface area (Å²) in [5, 5.41) is 12.2. The van der Waals surface area contributed by atoms with E-state index in [2.05, 4.69) is 11.4 Å². The Labute approximate surface area is 108 Å². The van der Waals surface area contributed by atoms with E-state index in [-0.39, 0.29) is 11.9 Å². The van der Waals surface area contributed by atoms with Crippen LogP contribution in [0.15, 0.2) is 18.2 Å². The SMILES string of the molecule is CCNC(C)c1ccc(F)cc1OC(C#N)CC. The van der Waals surface area contributed by atoms with E-state index in [1.165, 1.54) is 12.1 Å². The number of nitrogens with zero attached hydrogens (tertiary/aromatic N) is 1. The van der Waals surface area contributed by atoms with Crippen LogP contribution < -0.4 is 10.1 Å². The molecular weight excluding hydrogens is 231 g/mol. The molecule has 0 spiro atoms. The zero-order valence-corrected chi connectivity index (χ0v) is 11.0. The summed E-state index contributed by atoms with van der Waals surface area (Å²) in [5.41, 5.74) is 0.868. The second-order valence-electron chi connectivity index (χ2n) is 4.11.